The van der Waals surface area contributed by atoms with Gasteiger partial charge in [0.25, 0.3) is 0 Å². The van der Waals surface area contributed by atoms with E-state index >= 15 is 0 Å². The zero-order chi connectivity index (χ0) is 16.7. The summed E-state index contributed by atoms with van der Waals surface area (Å²) in [4.78, 5) is 0. The number of aryl methyl sites for hydroxylation is 1. The summed E-state index contributed by atoms with van der Waals surface area (Å²) in [5, 5.41) is 28.6. The van der Waals surface area contributed by atoms with Gasteiger partial charge in [0.15, 0.2) is 0 Å². The van der Waals surface area contributed by atoms with Crippen molar-refractivity contribution in [3.05, 3.63) is 58.4 Å². The molecule has 0 saturated heterocycles. The minimum absolute atomic E-state index is 0.135. The van der Waals surface area contributed by atoms with Gasteiger partial charge < -0.3 is 9.88 Å². The first-order valence-electron chi connectivity index (χ1n) is 7.38. The van der Waals surface area contributed by atoms with Crippen molar-refractivity contribution in [3.63, 3.8) is 0 Å². The Morgan fingerprint density at radius 2 is 1.75 bits per heavy atom. The lowest BCUT2D eigenvalue weighted by molar-refractivity contribution is 1.01. The third-order valence-electron chi connectivity index (χ3n) is 4.25. The molecule has 3 aromatic rings. The maximum Gasteiger partial charge on any atom is 0.136 e. The van der Waals surface area contributed by atoms with Crippen LogP contribution in [-0.4, -0.2) is 4.57 Å². The molecule has 1 aromatic heterocycles. The Morgan fingerprint density at radius 3 is 2.42 bits per heavy atom. The molecule has 1 N–H and O–H groups in total. The first-order chi connectivity index (χ1) is 11.7. The molecule has 1 aliphatic rings. The number of nitriles is 2. The second-order valence-corrected chi connectivity index (χ2v) is 6.43. The molecule has 0 atom stereocenters. The van der Waals surface area contributed by atoms with Gasteiger partial charge in [0.05, 0.1) is 5.03 Å². The molecule has 1 aliphatic heterocycles. The van der Waals surface area contributed by atoms with Crippen LogP contribution < -0.4 is 15.8 Å². The molecule has 0 bridgehead atoms. The molecule has 5 heteroatoms. The average molecular weight is 328 g/mol. The van der Waals surface area contributed by atoms with Crippen molar-refractivity contribution in [3.8, 4) is 12.1 Å². The van der Waals surface area contributed by atoms with Crippen molar-refractivity contribution in [1.29, 1.82) is 10.5 Å². The van der Waals surface area contributed by atoms with Crippen LogP contribution in [0.2, 0.25) is 0 Å². The van der Waals surface area contributed by atoms with Gasteiger partial charge in [-0.25, -0.2) is 0 Å². The van der Waals surface area contributed by atoms with Crippen LogP contribution in [0.5, 0.6) is 0 Å². The third-order valence-corrected chi connectivity index (χ3v) is 5.11. The first-order valence-corrected chi connectivity index (χ1v) is 8.26. The van der Waals surface area contributed by atoms with Crippen LogP contribution in [0, 0.1) is 22.7 Å². The molecule has 2 aromatic carbocycles. The average Bonchev–Trinajstić information content (AvgIpc) is 3.24. The maximum atomic E-state index is 9.08. The molecule has 0 fully saturated rings. The first kappa shape index (κ1) is 14.4. The van der Waals surface area contributed by atoms with E-state index in [1.165, 1.54) is 0 Å². The highest BCUT2D eigenvalue weighted by Gasteiger charge is 2.10. The van der Waals surface area contributed by atoms with Gasteiger partial charge in [-0.2, -0.15) is 10.5 Å². The molecule has 0 saturated carbocycles. The van der Waals surface area contributed by atoms with E-state index in [0.29, 0.717) is 5.22 Å². The van der Waals surface area contributed by atoms with E-state index in [1.54, 1.807) is 11.8 Å². The van der Waals surface area contributed by atoms with Crippen molar-refractivity contribution in [2.24, 2.45) is 7.05 Å². The molecule has 2 heterocycles. The Hall–Kier alpha value is -3.15. The van der Waals surface area contributed by atoms with E-state index in [9.17, 15) is 0 Å². The molecule has 4 rings (SSSR count). The Morgan fingerprint density at radius 1 is 1.04 bits per heavy atom. The van der Waals surface area contributed by atoms with Crippen LogP contribution in [0.15, 0.2) is 48.0 Å². The van der Waals surface area contributed by atoms with Crippen LogP contribution in [0.3, 0.4) is 0 Å². The topological polar surface area (TPSA) is 64.5 Å². The van der Waals surface area contributed by atoms with Crippen LogP contribution in [0.4, 0.5) is 0 Å². The lowest BCUT2D eigenvalue weighted by Gasteiger charge is -2.00. The zero-order valence-electron chi connectivity index (χ0n) is 12.9. The lowest BCUT2D eigenvalue weighted by Crippen LogP contribution is -2.10. The number of aromatic nitrogens is 1. The second kappa shape index (κ2) is 5.49. The van der Waals surface area contributed by atoms with E-state index < -0.39 is 0 Å². The Bertz CT molecular complexity index is 1210. The highest BCUT2D eigenvalue weighted by molar-refractivity contribution is 8.10. The predicted molar refractivity (Wildman–Crippen MR) is 97.6 cm³/mol. The van der Waals surface area contributed by atoms with Crippen molar-refractivity contribution < 1.29 is 0 Å². The number of benzene rings is 2. The Kier molecular flexibility index (Phi) is 3.30. The SMILES string of the molecule is Cn1c2cc(=C(C#N)C#N)ccc2c2cc/c(=C3/NC=CS3)cc21. The minimum Gasteiger partial charge on any atom is -0.355 e. The summed E-state index contributed by atoms with van der Waals surface area (Å²) in [5.41, 5.74) is 2.27. The Labute approximate surface area is 142 Å². The van der Waals surface area contributed by atoms with E-state index in [0.717, 1.165) is 32.1 Å². The summed E-state index contributed by atoms with van der Waals surface area (Å²) in [5.74, 6) is 0. The quantitative estimate of drug-likeness (QED) is 0.688. The number of hydrogen-bond acceptors (Lipinski definition) is 4. The predicted octanol–water partition coefficient (Wildman–Crippen LogP) is 2.40. The van der Waals surface area contributed by atoms with Gasteiger partial charge >= 0.3 is 0 Å². The number of hydrogen-bond donors (Lipinski definition) is 1. The van der Waals surface area contributed by atoms with Gasteiger partial charge in [-0.15, -0.1) is 0 Å². The molecular weight excluding hydrogens is 316 g/mol. The Balaban J connectivity index is 2.09. The summed E-state index contributed by atoms with van der Waals surface area (Å²) >= 11 is 1.67. The van der Waals surface area contributed by atoms with Crippen molar-refractivity contribution in [2.75, 3.05) is 0 Å². The van der Waals surface area contributed by atoms with E-state index in [-0.39, 0.29) is 5.57 Å². The normalized spacial score (nSPS) is 15.3. The summed E-state index contributed by atoms with van der Waals surface area (Å²) in [6, 6.07) is 16.0. The van der Waals surface area contributed by atoms with Gasteiger partial charge in [-0.05, 0) is 17.5 Å². The van der Waals surface area contributed by atoms with Gasteiger partial charge in [0.2, 0.25) is 0 Å². The van der Waals surface area contributed by atoms with Crippen molar-refractivity contribution >= 4 is 44.2 Å². The fourth-order valence-corrected chi connectivity index (χ4v) is 3.72. The zero-order valence-corrected chi connectivity index (χ0v) is 13.7. The van der Waals surface area contributed by atoms with Crippen molar-refractivity contribution in [2.45, 2.75) is 0 Å². The molecule has 0 spiro atoms. The summed E-state index contributed by atoms with van der Waals surface area (Å²) in [6.07, 6.45) is 1.93. The fraction of sp³-hybridized carbons (Fsp3) is 0.0526. The molecule has 114 valence electrons. The second-order valence-electron chi connectivity index (χ2n) is 5.52. The number of nitrogens with zero attached hydrogens (tertiary/aromatic N) is 3. The van der Waals surface area contributed by atoms with Crippen LogP contribution >= 0.6 is 11.8 Å². The van der Waals surface area contributed by atoms with Gasteiger partial charge in [-0.3, -0.25) is 0 Å². The summed E-state index contributed by atoms with van der Waals surface area (Å²) in [7, 11) is 2.01. The van der Waals surface area contributed by atoms with Crippen LogP contribution in [-0.2, 0) is 7.05 Å². The van der Waals surface area contributed by atoms with E-state index in [1.807, 2.05) is 49.0 Å². The molecule has 4 nitrogen and oxygen atoms in total. The molecule has 24 heavy (non-hydrogen) atoms. The van der Waals surface area contributed by atoms with Crippen LogP contribution in [0.1, 0.15) is 0 Å². The number of nitrogens with one attached hydrogen (secondary N) is 1. The third kappa shape index (κ3) is 2.07. The number of fused-ring (bicyclic) bond motifs is 3. The maximum absolute atomic E-state index is 9.08. The highest BCUT2D eigenvalue weighted by atomic mass is 32.2. The van der Waals surface area contributed by atoms with E-state index in [2.05, 4.69) is 28.1 Å². The summed E-state index contributed by atoms with van der Waals surface area (Å²) < 4.78 is 2.11. The number of rotatable bonds is 0. The van der Waals surface area contributed by atoms with Crippen LogP contribution in [0.25, 0.3) is 32.4 Å². The molecular formula is C19H12N4S. The van der Waals surface area contributed by atoms with Gasteiger partial charge in [0, 0.05) is 45.5 Å². The fourth-order valence-electron chi connectivity index (χ4n) is 3.05. The standard InChI is InChI=1S/C19H12N4S/c1-23-17-8-12(14(10-20)11-21)2-4-15(17)16-5-3-13(9-18(16)23)19-22-6-7-24-19/h2-9,22H,1H3/b19-13+. The van der Waals surface area contributed by atoms with E-state index in [4.69, 9.17) is 10.5 Å². The van der Waals surface area contributed by atoms with Gasteiger partial charge in [-0.1, -0.05) is 36.0 Å². The summed E-state index contributed by atoms with van der Waals surface area (Å²) in [6.45, 7) is 0. The smallest absolute Gasteiger partial charge is 0.136 e. The molecule has 0 amide bonds. The van der Waals surface area contributed by atoms with Crippen molar-refractivity contribution in [1.82, 2.24) is 9.88 Å². The highest BCUT2D eigenvalue weighted by Crippen LogP contribution is 2.26. The number of thioether (sulfide) groups is 1. The van der Waals surface area contributed by atoms with Gasteiger partial charge in [0.1, 0.15) is 17.7 Å². The minimum atomic E-state index is 0.135. The molecule has 0 aliphatic carbocycles. The molecule has 0 unspecified atom stereocenters. The lowest BCUT2D eigenvalue weighted by atomic mass is 10.1. The largest absolute Gasteiger partial charge is 0.355 e. The molecule has 0 radical (unpaired) electrons. The monoisotopic (exact) mass is 328 g/mol.